The highest BCUT2D eigenvalue weighted by molar-refractivity contribution is 7.48. The Labute approximate surface area is 217 Å². The largest absolute Gasteiger partial charge is 0.529 e. The van der Waals surface area contributed by atoms with Crippen molar-refractivity contribution in [1.82, 2.24) is 0 Å². The van der Waals surface area contributed by atoms with E-state index in [1.807, 2.05) is 0 Å². The van der Waals surface area contributed by atoms with Crippen LogP contribution in [0.25, 0.3) is 0 Å². The standard InChI is InChI=1S/C28H55O5PSi/c1-13-30-34(29,31-14-2)33-22(7)23-17-18-28(10)25(20(3)4)15-16-26(28)24(23)19-32-35(11,12)27(8,9)21(5)6/h20-21,23-26H,7,13-19H2,1-6,8-12H3/t23-,24-,25-,26?,28-/m1/s1. The fraction of sp³-hybridized carbons (Fsp3) is 0.929. The zero-order valence-electron chi connectivity index (χ0n) is 24.6. The Morgan fingerprint density at radius 1 is 1.09 bits per heavy atom. The van der Waals surface area contributed by atoms with Gasteiger partial charge in [-0.05, 0) is 92.7 Å². The molecule has 2 rings (SSSR count). The first-order chi connectivity index (χ1) is 16.1. The molecule has 2 aliphatic carbocycles. The molecule has 0 aromatic rings. The lowest BCUT2D eigenvalue weighted by Crippen LogP contribution is -2.49. The van der Waals surface area contributed by atoms with E-state index in [4.69, 9.17) is 18.0 Å². The molecule has 5 atom stereocenters. The van der Waals surface area contributed by atoms with Gasteiger partial charge >= 0.3 is 7.82 Å². The van der Waals surface area contributed by atoms with Gasteiger partial charge in [0, 0.05) is 12.5 Å². The fourth-order valence-corrected chi connectivity index (χ4v) is 10.5. The number of fused-ring (bicyclic) bond motifs is 1. The van der Waals surface area contributed by atoms with E-state index in [0.29, 0.717) is 35.5 Å². The molecule has 0 amide bonds. The second-order valence-electron chi connectivity index (χ2n) is 12.9. The van der Waals surface area contributed by atoms with E-state index >= 15 is 0 Å². The van der Waals surface area contributed by atoms with Crippen LogP contribution in [-0.2, 0) is 22.6 Å². The minimum absolute atomic E-state index is 0.0835. The number of phosphoric ester groups is 1. The molecule has 1 unspecified atom stereocenters. The maximum Gasteiger partial charge on any atom is 0.529 e. The summed E-state index contributed by atoms with van der Waals surface area (Å²) in [4.78, 5) is 0. The van der Waals surface area contributed by atoms with Crippen LogP contribution < -0.4 is 0 Å². The molecular weight excluding hydrogens is 475 g/mol. The quantitative estimate of drug-likeness (QED) is 0.135. The van der Waals surface area contributed by atoms with Crippen LogP contribution in [-0.4, -0.2) is 28.1 Å². The van der Waals surface area contributed by atoms with Gasteiger partial charge in [-0.3, -0.25) is 9.05 Å². The molecule has 0 saturated heterocycles. The van der Waals surface area contributed by atoms with Gasteiger partial charge in [0.1, 0.15) is 5.76 Å². The average molecular weight is 531 g/mol. The predicted octanol–water partition coefficient (Wildman–Crippen LogP) is 9.07. The molecule has 2 aliphatic rings. The third-order valence-electron chi connectivity index (χ3n) is 10.2. The first-order valence-corrected chi connectivity index (χ1v) is 18.3. The molecule has 0 heterocycles. The number of rotatable bonds is 13. The van der Waals surface area contributed by atoms with Gasteiger partial charge in [0.25, 0.3) is 0 Å². The first kappa shape index (κ1) is 31.1. The van der Waals surface area contributed by atoms with Crippen LogP contribution in [0.5, 0.6) is 0 Å². The smallest absolute Gasteiger partial charge is 0.416 e. The molecule has 0 aromatic carbocycles. The normalized spacial score (nSPS) is 30.1. The first-order valence-electron chi connectivity index (χ1n) is 14.0. The van der Waals surface area contributed by atoms with Gasteiger partial charge in [-0.25, -0.2) is 4.57 Å². The molecule has 2 fully saturated rings. The van der Waals surface area contributed by atoms with E-state index in [1.165, 1.54) is 12.8 Å². The fourth-order valence-electron chi connectivity index (χ4n) is 6.86. The molecule has 0 aromatic heterocycles. The van der Waals surface area contributed by atoms with Crippen molar-refractivity contribution in [2.45, 2.75) is 106 Å². The third kappa shape index (κ3) is 6.48. The minimum atomic E-state index is -3.66. The van der Waals surface area contributed by atoms with E-state index in [1.54, 1.807) is 13.8 Å². The Bertz CT molecular complexity index is 754. The summed E-state index contributed by atoms with van der Waals surface area (Å²) in [6.07, 6.45) is 4.58. The highest BCUT2D eigenvalue weighted by Crippen LogP contribution is 2.63. The van der Waals surface area contributed by atoms with Crippen molar-refractivity contribution in [2.75, 3.05) is 19.8 Å². The van der Waals surface area contributed by atoms with Crippen LogP contribution in [0.4, 0.5) is 0 Å². The molecular formula is C28H55O5PSi. The van der Waals surface area contributed by atoms with Crippen molar-refractivity contribution in [2.24, 2.45) is 40.9 Å². The van der Waals surface area contributed by atoms with E-state index in [2.05, 4.69) is 68.1 Å². The second kappa shape index (κ2) is 11.7. The van der Waals surface area contributed by atoms with E-state index in [0.717, 1.165) is 18.8 Å². The van der Waals surface area contributed by atoms with Gasteiger partial charge in [0.2, 0.25) is 0 Å². The zero-order valence-corrected chi connectivity index (χ0v) is 26.5. The third-order valence-corrected chi connectivity index (χ3v) is 16.3. The number of hydrogen-bond donors (Lipinski definition) is 0. The Morgan fingerprint density at radius 3 is 2.14 bits per heavy atom. The summed E-state index contributed by atoms with van der Waals surface area (Å²) in [6, 6.07) is 0. The minimum Gasteiger partial charge on any atom is -0.416 e. The summed E-state index contributed by atoms with van der Waals surface area (Å²) in [5.74, 6) is 3.40. The number of allylic oxidation sites excluding steroid dienone is 1. The topological polar surface area (TPSA) is 54.0 Å². The van der Waals surface area contributed by atoms with E-state index in [-0.39, 0.29) is 30.1 Å². The van der Waals surface area contributed by atoms with Crippen molar-refractivity contribution in [3.8, 4) is 0 Å². The summed E-state index contributed by atoms with van der Waals surface area (Å²) in [7, 11) is -5.66. The molecule has 2 saturated carbocycles. The number of hydrogen-bond acceptors (Lipinski definition) is 5. The summed E-state index contributed by atoms with van der Waals surface area (Å²) >= 11 is 0. The van der Waals surface area contributed by atoms with Crippen LogP contribution in [0.1, 0.15) is 88.0 Å². The van der Waals surface area contributed by atoms with Crippen molar-refractivity contribution >= 4 is 16.1 Å². The summed E-state index contributed by atoms with van der Waals surface area (Å²) in [6.45, 7) is 30.4. The van der Waals surface area contributed by atoms with Gasteiger partial charge in [-0.2, -0.15) is 0 Å². The molecule has 0 bridgehead atoms. The highest BCUT2D eigenvalue weighted by Gasteiger charge is 2.56. The van der Waals surface area contributed by atoms with Crippen molar-refractivity contribution in [3.05, 3.63) is 12.3 Å². The van der Waals surface area contributed by atoms with Crippen molar-refractivity contribution in [1.29, 1.82) is 0 Å². The van der Waals surface area contributed by atoms with Crippen LogP contribution in [0.15, 0.2) is 12.3 Å². The lowest BCUT2D eigenvalue weighted by atomic mass is 9.56. The van der Waals surface area contributed by atoms with Gasteiger partial charge in [-0.15, -0.1) is 0 Å². The Kier molecular flexibility index (Phi) is 10.4. The predicted molar refractivity (Wildman–Crippen MR) is 149 cm³/mol. The maximum atomic E-state index is 13.2. The molecule has 206 valence electrons. The van der Waals surface area contributed by atoms with Crippen molar-refractivity contribution < 1.29 is 22.6 Å². The highest BCUT2D eigenvalue weighted by atomic mass is 31.2. The molecule has 0 spiro atoms. The van der Waals surface area contributed by atoms with Crippen LogP contribution in [0.3, 0.4) is 0 Å². The van der Waals surface area contributed by atoms with Gasteiger partial charge in [-0.1, -0.05) is 55.0 Å². The second-order valence-corrected chi connectivity index (χ2v) is 19.1. The zero-order chi connectivity index (χ0) is 26.8. The van der Waals surface area contributed by atoms with E-state index in [9.17, 15) is 4.57 Å². The molecule has 0 N–H and O–H groups in total. The van der Waals surface area contributed by atoms with Crippen LogP contribution in [0.2, 0.25) is 18.1 Å². The summed E-state index contributed by atoms with van der Waals surface area (Å²) in [5.41, 5.74) is 0.293. The van der Waals surface area contributed by atoms with Crippen molar-refractivity contribution in [3.63, 3.8) is 0 Å². The molecule has 0 radical (unpaired) electrons. The van der Waals surface area contributed by atoms with Crippen LogP contribution in [0, 0.1) is 40.9 Å². The Hall–Kier alpha value is -0.133. The van der Waals surface area contributed by atoms with Crippen LogP contribution >= 0.6 is 7.82 Å². The molecule has 7 heteroatoms. The SMILES string of the molecule is C=C(OP(=O)(OCC)OCC)[C@H]1CC[C@@]2(C)C(CC[C@@H]2C(C)C)[C@@H]1CO[Si](C)(C)C(C)(C)C(C)C. The monoisotopic (exact) mass is 530 g/mol. The maximum absolute atomic E-state index is 13.2. The van der Waals surface area contributed by atoms with Gasteiger partial charge in [0.15, 0.2) is 8.32 Å². The lowest BCUT2D eigenvalue weighted by Gasteiger charge is -2.51. The van der Waals surface area contributed by atoms with E-state index < -0.39 is 16.1 Å². The Balaban J connectivity index is 2.35. The molecule has 35 heavy (non-hydrogen) atoms. The summed E-state index contributed by atoms with van der Waals surface area (Å²) in [5, 5.41) is 0.157. The number of phosphoric acid groups is 1. The van der Waals surface area contributed by atoms with Gasteiger partial charge in [0.05, 0.1) is 13.2 Å². The van der Waals surface area contributed by atoms with Gasteiger partial charge < -0.3 is 8.95 Å². The lowest BCUT2D eigenvalue weighted by molar-refractivity contribution is -0.0224. The Morgan fingerprint density at radius 2 is 1.66 bits per heavy atom. The summed E-state index contributed by atoms with van der Waals surface area (Å²) < 4.78 is 37.0. The average Bonchev–Trinajstić information content (AvgIpc) is 3.09. The molecule has 0 aliphatic heterocycles. The molecule has 5 nitrogen and oxygen atoms in total.